The zero-order valence-electron chi connectivity index (χ0n) is 12.1. The lowest BCUT2D eigenvalue weighted by atomic mass is 10.0. The van der Waals surface area contributed by atoms with Crippen LogP contribution >= 0.6 is 24.0 Å². The van der Waals surface area contributed by atoms with Crippen molar-refractivity contribution in [2.45, 2.75) is 31.8 Å². The zero-order chi connectivity index (χ0) is 13.6. The average Bonchev–Trinajstić information content (AvgIpc) is 3.06. The summed E-state index contributed by atoms with van der Waals surface area (Å²) in [6, 6.07) is 3.88. The Balaban J connectivity index is 0.00000200. The molecule has 2 heterocycles. The second-order valence-corrected chi connectivity index (χ2v) is 5.08. The van der Waals surface area contributed by atoms with Crippen molar-refractivity contribution in [1.29, 1.82) is 0 Å². The molecule has 1 aromatic rings. The number of rotatable bonds is 5. The van der Waals surface area contributed by atoms with Gasteiger partial charge in [-0.25, -0.2) is 0 Å². The molecule has 1 aromatic heterocycles. The minimum Gasteiger partial charge on any atom is -0.469 e. The summed E-state index contributed by atoms with van der Waals surface area (Å²) in [5.74, 6) is 1.79. The molecule has 0 bridgehead atoms. The standard InChI is InChI=1S/C14H23N3O2.HI/c1-14(7-4-10-19-14)11-17-13(15-2)16-8-6-12-5-3-9-18-12;/h3,5,9H,4,6-8,10-11H2,1-2H3,(H2,15,16,17);1H. The van der Waals surface area contributed by atoms with Crippen LogP contribution in [-0.2, 0) is 11.2 Å². The third kappa shape index (κ3) is 5.32. The SMILES string of the molecule is CN=C(NCCc1ccco1)NCC1(C)CCCO1.I. The third-order valence-corrected chi connectivity index (χ3v) is 3.40. The molecule has 1 saturated heterocycles. The van der Waals surface area contributed by atoms with Gasteiger partial charge in [0.2, 0.25) is 0 Å². The lowest BCUT2D eigenvalue weighted by molar-refractivity contribution is 0.0243. The summed E-state index contributed by atoms with van der Waals surface area (Å²) in [4.78, 5) is 4.21. The highest BCUT2D eigenvalue weighted by Crippen LogP contribution is 2.23. The van der Waals surface area contributed by atoms with E-state index >= 15 is 0 Å². The van der Waals surface area contributed by atoms with Crippen LogP contribution in [-0.4, -0.2) is 38.3 Å². The van der Waals surface area contributed by atoms with Gasteiger partial charge in [0.05, 0.1) is 11.9 Å². The van der Waals surface area contributed by atoms with E-state index < -0.39 is 0 Å². The number of aliphatic imine (C=N–C) groups is 1. The van der Waals surface area contributed by atoms with Crippen LogP contribution in [0.25, 0.3) is 0 Å². The molecule has 0 spiro atoms. The lowest BCUT2D eigenvalue weighted by Crippen LogP contribution is -2.45. The van der Waals surface area contributed by atoms with Gasteiger partial charge in [-0.3, -0.25) is 4.99 Å². The van der Waals surface area contributed by atoms with Crippen molar-refractivity contribution in [3.63, 3.8) is 0 Å². The average molecular weight is 393 g/mol. The topological polar surface area (TPSA) is 58.8 Å². The Morgan fingerprint density at radius 2 is 2.30 bits per heavy atom. The van der Waals surface area contributed by atoms with Gasteiger partial charge in [-0.15, -0.1) is 24.0 Å². The monoisotopic (exact) mass is 393 g/mol. The van der Waals surface area contributed by atoms with E-state index in [9.17, 15) is 0 Å². The Kier molecular flexibility index (Phi) is 7.36. The summed E-state index contributed by atoms with van der Waals surface area (Å²) < 4.78 is 11.0. The van der Waals surface area contributed by atoms with Gasteiger partial charge in [-0.05, 0) is 31.9 Å². The van der Waals surface area contributed by atoms with Crippen molar-refractivity contribution in [3.05, 3.63) is 24.2 Å². The first-order chi connectivity index (χ1) is 9.22. The highest BCUT2D eigenvalue weighted by Gasteiger charge is 2.29. The molecule has 0 aromatic carbocycles. The first-order valence-electron chi connectivity index (χ1n) is 6.83. The third-order valence-electron chi connectivity index (χ3n) is 3.40. The van der Waals surface area contributed by atoms with Gasteiger partial charge in [-0.2, -0.15) is 0 Å². The number of nitrogens with one attached hydrogen (secondary N) is 2. The first-order valence-corrected chi connectivity index (χ1v) is 6.83. The summed E-state index contributed by atoms with van der Waals surface area (Å²) in [5.41, 5.74) is -0.0569. The van der Waals surface area contributed by atoms with Gasteiger partial charge < -0.3 is 19.8 Å². The molecular formula is C14H24IN3O2. The summed E-state index contributed by atoms with van der Waals surface area (Å²) in [7, 11) is 1.78. The maximum absolute atomic E-state index is 5.74. The van der Waals surface area contributed by atoms with Crippen LogP contribution in [0.3, 0.4) is 0 Å². The van der Waals surface area contributed by atoms with E-state index in [1.165, 1.54) is 0 Å². The molecule has 114 valence electrons. The van der Waals surface area contributed by atoms with Crippen molar-refractivity contribution in [2.24, 2.45) is 4.99 Å². The quantitative estimate of drug-likeness (QED) is 0.458. The van der Waals surface area contributed by atoms with E-state index in [0.29, 0.717) is 0 Å². The molecule has 0 radical (unpaired) electrons. The molecule has 1 atom stereocenters. The van der Waals surface area contributed by atoms with Gasteiger partial charge in [0.1, 0.15) is 5.76 Å². The van der Waals surface area contributed by atoms with Crippen LogP contribution in [0.4, 0.5) is 0 Å². The maximum Gasteiger partial charge on any atom is 0.191 e. The summed E-state index contributed by atoms with van der Waals surface area (Å²) in [5, 5.41) is 6.59. The van der Waals surface area contributed by atoms with Crippen molar-refractivity contribution in [2.75, 3.05) is 26.7 Å². The highest BCUT2D eigenvalue weighted by atomic mass is 127. The highest BCUT2D eigenvalue weighted by molar-refractivity contribution is 14.0. The molecule has 2 N–H and O–H groups in total. The lowest BCUT2D eigenvalue weighted by Gasteiger charge is -2.24. The van der Waals surface area contributed by atoms with Crippen molar-refractivity contribution in [3.8, 4) is 0 Å². The summed E-state index contributed by atoms with van der Waals surface area (Å²) >= 11 is 0. The van der Waals surface area contributed by atoms with E-state index in [1.807, 2.05) is 12.1 Å². The van der Waals surface area contributed by atoms with E-state index in [1.54, 1.807) is 13.3 Å². The number of hydrogen-bond acceptors (Lipinski definition) is 3. The number of ether oxygens (including phenoxy) is 1. The van der Waals surface area contributed by atoms with E-state index in [4.69, 9.17) is 9.15 Å². The van der Waals surface area contributed by atoms with Crippen LogP contribution in [0.15, 0.2) is 27.8 Å². The molecule has 1 unspecified atom stereocenters. The molecule has 1 aliphatic rings. The van der Waals surface area contributed by atoms with Crippen LogP contribution in [0.1, 0.15) is 25.5 Å². The van der Waals surface area contributed by atoms with Gasteiger partial charge in [0.15, 0.2) is 5.96 Å². The van der Waals surface area contributed by atoms with Crippen molar-refractivity contribution >= 4 is 29.9 Å². The Labute approximate surface area is 137 Å². The van der Waals surface area contributed by atoms with Gasteiger partial charge in [0, 0.05) is 33.2 Å². The molecule has 5 nitrogen and oxygen atoms in total. The fourth-order valence-corrected chi connectivity index (χ4v) is 2.23. The molecule has 1 aliphatic heterocycles. The number of nitrogens with zero attached hydrogens (tertiary/aromatic N) is 1. The van der Waals surface area contributed by atoms with Crippen molar-refractivity contribution < 1.29 is 9.15 Å². The molecule has 6 heteroatoms. The van der Waals surface area contributed by atoms with E-state index in [-0.39, 0.29) is 29.6 Å². The number of furan rings is 1. The fraction of sp³-hybridized carbons (Fsp3) is 0.643. The number of halogens is 1. The Morgan fingerprint density at radius 1 is 1.45 bits per heavy atom. The molecule has 20 heavy (non-hydrogen) atoms. The summed E-state index contributed by atoms with van der Waals surface area (Å²) in [6.07, 6.45) is 4.79. The predicted molar refractivity (Wildman–Crippen MR) is 90.8 cm³/mol. The normalized spacial score (nSPS) is 22.4. The van der Waals surface area contributed by atoms with Crippen LogP contribution < -0.4 is 10.6 Å². The maximum atomic E-state index is 5.74. The molecular weight excluding hydrogens is 369 g/mol. The second-order valence-electron chi connectivity index (χ2n) is 5.08. The van der Waals surface area contributed by atoms with Gasteiger partial charge in [0.25, 0.3) is 0 Å². The van der Waals surface area contributed by atoms with Crippen LogP contribution in [0.2, 0.25) is 0 Å². The molecule has 1 fully saturated rings. The van der Waals surface area contributed by atoms with Crippen molar-refractivity contribution in [1.82, 2.24) is 10.6 Å². The van der Waals surface area contributed by atoms with E-state index in [0.717, 1.165) is 50.7 Å². The van der Waals surface area contributed by atoms with Crippen LogP contribution in [0, 0.1) is 0 Å². The first kappa shape index (κ1) is 17.3. The zero-order valence-corrected chi connectivity index (χ0v) is 14.5. The van der Waals surface area contributed by atoms with E-state index in [2.05, 4.69) is 22.5 Å². The minimum atomic E-state index is -0.0569. The second kappa shape index (κ2) is 8.51. The predicted octanol–water partition coefficient (Wildman–Crippen LogP) is 2.17. The largest absolute Gasteiger partial charge is 0.469 e. The molecule has 0 aliphatic carbocycles. The number of guanidine groups is 1. The molecule has 0 saturated carbocycles. The smallest absolute Gasteiger partial charge is 0.191 e. The van der Waals surface area contributed by atoms with Gasteiger partial charge >= 0.3 is 0 Å². The number of hydrogen-bond donors (Lipinski definition) is 2. The van der Waals surface area contributed by atoms with Gasteiger partial charge in [-0.1, -0.05) is 0 Å². The molecule has 0 amide bonds. The Morgan fingerprint density at radius 3 is 2.90 bits per heavy atom. The summed E-state index contributed by atoms with van der Waals surface area (Å²) in [6.45, 7) is 4.59. The minimum absolute atomic E-state index is 0. The molecule has 2 rings (SSSR count). The fourth-order valence-electron chi connectivity index (χ4n) is 2.23. The Bertz CT molecular complexity index is 401. The van der Waals surface area contributed by atoms with Crippen LogP contribution in [0.5, 0.6) is 0 Å². The Hall–Kier alpha value is -0.760.